The van der Waals surface area contributed by atoms with Crippen LogP contribution in [-0.4, -0.2) is 62.7 Å². The van der Waals surface area contributed by atoms with E-state index in [1.54, 1.807) is 11.0 Å². The molecule has 1 fully saturated rings. The van der Waals surface area contributed by atoms with Crippen molar-refractivity contribution < 1.29 is 27.9 Å². The summed E-state index contributed by atoms with van der Waals surface area (Å²) in [5.74, 6) is -1.40. The lowest BCUT2D eigenvalue weighted by molar-refractivity contribution is -0.138. The van der Waals surface area contributed by atoms with E-state index in [4.69, 9.17) is 5.11 Å². The summed E-state index contributed by atoms with van der Waals surface area (Å²) in [6.45, 7) is 1.78. The Labute approximate surface area is 159 Å². The second-order valence-corrected chi connectivity index (χ2v) is 6.53. The van der Waals surface area contributed by atoms with Crippen molar-refractivity contribution in [3.63, 3.8) is 0 Å². The standard InChI is InChI=1S/C18H19F3N4O3/c19-18(20,21)14-3-1-2-13(10-14)11-23-6-8-24(9-7-23)17(28)15-4-5-22-25(15)12-16(26)27/h1-5,10H,6-9,11-12H2,(H,26,27). The lowest BCUT2D eigenvalue weighted by Gasteiger charge is -2.34. The quantitative estimate of drug-likeness (QED) is 0.836. The number of piperazine rings is 1. The van der Waals surface area contributed by atoms with E-state index >= 15 is 0 Å². The van der Waals surface area contributed by atoms with Gasteiger partial charge in [0.15, 0.2) is 0 Å². The number of rotatable bonds is 5. The zero-order valence-electron chi connectivity index (χ0n) is 14.9. The van der Waals surface area contributed by atoms with Crippen molar-refractivity contribution in [2.75, 3.05) is 26.2 Å². The minimum absolute atomic E-state index is 0.203. The molecule has 28 heavy (non-hydrogen) atoms. The molecule has 1 aliphatic rings. The van der Waals surface area contributed by atoms with Crippen LogP contribution in [0.5, 0.6) is 0 Å². The number of halogens is 3. The van der Waals surface area contributed by atoms with Crippen LogP contribution in [0.4, 0.5) is 13.2 Å². The van der Waals surface area contributed by atoms with E-state index in [9.17, 15) is 22.8 Å². The Morgan fingerprint density at radius 3 is 2.46 bits per heavy atom. The van der Waals surface area contributed by atoms with Crippen LogP contribution in [0.15, 0.2) is 36.5 Å². The molecule has 10 heteroatoms. The van der Waals surface area contributed by atoms with Crippen LogP contribution in [0.25, 0.3) is 0 Å². The molecule has 7 nitrogen and oxygen atoms in total. The van der Waals surface area contributed by atoms with Gasteiger partial charge in [0.2, 0.25) is 0 Å². The third kappa shape index (κ3) is 4.69. The van der Waals surface area contributed by atoms with Gasteiger partial charge in [0.25, 0.3) is 5.91 Å². The Bertz CT molecular complexity index is 858. The highest BCUT2D eigenvalue weighted by Gasteiger charge is 2.31. The van der Waals surface area contributed by atoms with Gasteiger partial charge in [-0.2, -0.15) is 18.3 Å². The molecule has 0 spiro atoms. The first-order valence-corrected chi connectivity index (χ1v) is 8.65. The van der Waals surface area contributed by atoms with E-state index in [1.807, 2.05) is 4.90 Å². The maximum atomic E-state index is 12.8. The number of benzene rings is 1. The van der Waals surface area contributed by atoms with E-state index in [2.05, 4.69) is 5.10 Å². The van der Waals surface area contributed by atoms with Crippen LogP contribution < -0.4 is 0 Å². The molecule has 2 heterocycles. The average Bonchev–Trinajstić information content (AvgIpc) is 3.08. The summed E-state index contributed by atoms with van der Waals surface area (Å²) in [6, 6.07) is 6.70. The fourth-order valence-corrected chi connectivity index (χ4v) is 3.14. The first kappa shape index (κ1) is 19.9. The molecule has 0 aliphatic carbocycles. The van der Waals surface area contributed by atoms with Gasteiger partial charge in [0.05, 0.1) is 5.56 Å². The van der Waals surface area contributed by atoms with E-state index in [-0.39, 0.29) is 11.6 Å². The Hall–Kier alpha value is -2.88. The van der Waals surface area contributed by atoms with Crippen molar-refractivity contribution in [3.05, 3.63) is 53.3 Å². The highest BCUT2D eigenvalue weighted by atomic mass is 19.4. The second-order valence-electron chi connectivity index (χ2n) is 6.53. The second kappa shape index (κ2) is 8.01. The fraction of sp³-hybridized carbons (Fsp3) is 0.389. The Balaban J connectivity index is 1.58. The predicted molar refractivity (Wildman–Crippen MR) is 92.5 cm³/mol. The third-order valence-corrected chi connectivity index (χ3v) is 4.54. The van der Waals surface area contributed by atoms with Gasteiger partial charge in [-0.25, -0.2) is 4.68 Å². The highest BCUT2D eigenvalue weighted by molar-refractivity contribution is 5.93. The largest absolute Gasteiger partial charge is 0.480 e. The summed E-state index contributed by atoms with van der Waals surface area (Å²) >= 11 is 0. The minimum Gasteiger partial charge on any atom is -0.480 e. The summed E-state index contributed by atoms with van der Waals surface area (Å²) in [5, 5.41) is 12.7. The van der Waals surface area contributed by atoms with E-state index < -0.39 is 24.3 Å². The van der Waals surface area contributed by atoms with Gasteiger partial charge in [-0.05, 0) is 17.7 Å². The molecule has 0 radical (unpaired) electrons. The van der Waals surface area contributed by atoms with Crippen LogP contribution in [0.2, 0.25) is 0 Å². The van der Waals surface area contributed by atoms with Gasteiger partial charge in [0.1, 0.15) is 12.2 Å². The molecular formula is C18H19F3N4O3. The van der Waals surface area contributed by atoms with Crippen molar-refractivity contribution in [3.8, 4) is 0 Å². The van der Waals surface area contributed by atoms with Crippen molar-refractivity contribution in [1.29, 1.82) is 0 Å². The number of aliphatic carboxylic acids is 1. The summed E-state index contributed by atoms with van der Waals surface area (Å²) < 4.78 is 39.6. The molecular weight excluding hydrogens is 377 g/mol. The van der Waals surface area contributed by atoms with Crippen LogP contribution in [-0.2, 0) is 24.1 Å². The van der Waals surface area contributed by atoms with Gasteiger partial charge in [-0.15, -0.1) is 0 Å². The molecule has 3 rings (SSSR count). The molecule has 0 atom stereocenters. The molecule has 1 aliphatic heterocycles. The van der Waals surface area contributed by atoms with E-state index in [0.29, 0.717) is 38.3 Å². The molecule has 2 aromatic rings. The van der Waals surface area contributed by atoms with Gasteiger partial charge in [-0.1, -0.05) is 18.2 Å². The van der Waals surface area contributed by atoms with Gasteiger partial charge < -0.3 is 10.0 Å². The molecule has 150 valence electrons. The van der Waals surface area contributed by atoms with E-state index in [0.717, 1.165) is 16.8 Å². The monoisotopic (exact) mass is 396 g/mol. The first-order chi connectivity index (χ1) is 13.2. The lowest BCUT2D eigenvalue weighted by Crippen LogP contribution is -2.48. The zero-order valence-corrected chi connectivity index (χ0v) is 14.9. The minimum atomic E-state index is -4.37. The van der Waals surface area contributed by atoms with E-state index in [1.165, 1.54) is 18.3 Å². The smallest absolute Gasteiger partial charge is 0.416 e. The maximum Gasteiger partial charge on any atom is 0.416 e. The summed E-state index contributed by atoms with van der Waals surface area (Å²) in [6.07, 6.45) is -3.00. The molecule has 0 bridgehead atoms. The number of hydrogen-bond acceptors (Lipinski definition) is 4. The van der Waals surface area contributed by atoms with Crippen molar-refractivity contribution >= 4 is 11.9 Å². The zero-order chi connectivity index (χ0) is 20.3. The van der Waals surface area contributed by atoms with Crippen LogP contribution in [0.1, 0.15) is 21.6 Å². The van der Waals surface area contributed by atoms with Crippen LogP contribution in [0.3, 0.4) is 0 Å². The summed E-state index contributed by atoms with van der Waals surface area (Å²) in [7, 11) is 0. The third-order valence-electron chi connectivity index (χ3n) is 4.54. The molecule has 1 saturated heterocycles. The Morgan fingerprint density at radius 2 is 1.82 bits per heavy atom. The fourth-order valence-electron chi connectivity index (χ4n) is 3.14. The molecule has 1 aromatic carbocycles. The van der Waals surface area contributed by atoms with Crippen molar-refractivity contribution in [1.82, 2.24) is 19.6 Å². The Morgan fingerprint density at radius 1 is 1.11 bits per heavy atom. The van der Waals surface area contributed by atoms with Gasteiger partial charge in [0, 0.05) is 38.9 Å². The summed E-state index contributed by atoms with van der Waals surface area (Å²) in [5.41, 5.74) is 0.0911. The lowest BCUT2D eigenvalue weighted by atomic mass is 10.1. The van der Waals surface area contributed by atoms with Gasteiger partial charge >= 0.3 is 12.1 Å². The highest BCUT2D eigenvalue weighted by Crippen LogP contribution is 2.29. The molecule has 1 aromatic heterocycles. The topological polar surface area (TPSA) is 78.7 Å². The van der Waals surface area contributed by atoms with Crippen LogP contribution >= 0.6 is 0 Å². The summed E-state index contributed by atoms with van der Waals surface area (Å²) in [4.78, 5) is 27.0. The SMILES string of the molecule is O=C(O)Cn1nccc1C(=O)N1CCN(Cc2cccc(C(F)(F)F)c2)CC1. The van der Waals surface area contributed by atoms with Crippen LogP contribution in [0, 0.1) is 0 Å². The number of carboxylic acid groups (broad SMARTS) is 1. The number of alkyl halides is 3. The average molecular weight is 396 g/mol. The molecule has 1 N–H and O–H groups in total. The number of amides is 1. The number of nitrogens with zero attached hydrogens (tertiary/aromatic N) is 4. The molecule has 0 unspecified atom stereocenters. The number of aromatic nitrogens is 2. The normalized spacial score (nSPS) is 15.6. The number of carbonyl (C=O) groups excluding carboxylic acids is 1. The Kier molecular flexibility index (Phi) is 5.68. The number of carboxylic acids is 1. The van der Waals surface area contributed by atoms with Crippen molar-refractivity contribution in [2.45, 2.75) is 19.3 Å². The van der Waals surface area contributed by atoms with Gasteiger partial charge in [-0.3, -0.25) is 14.5 Å². The molecule has 1 amide bonds. The molecule has 0 saturated carbocycles. The number of hydrogen-bond donors (Lipinski definition) is 1. The van der Waals surface area contributed by atoms with Crippen molar-refractivity contribution in [2.24, 2.45) is 0 Å². The predicted octanol–water partition coefficient (Wildman–Crippen LogP) is 1.94. The first-order valence-electron chi connectivity index (χ1n) is 8.65. The number of carbonyl (C=O) groups is 2. The maximum absolute atomic E-state index is 12.8.